The summed E-state index contributed by atoms with van der Waals surface area (Å²) in [5.74, 6) is -2.44. The Morgan fingerprint density at radius 1 is 1.03 bits per heavy atom. The van der Waals surface area contributed by atoms with E-state index in [9.17, 15) is 19.2 Å². The average Bonchev–Trinajstić information content (AvgIpc) is 2.95. The van der Waals surface area contributed by atoms with E-state index in [1.165, 1.54) is 0 Å². The number of anilines is 1. The van der Waals surface area contributed by atoms with Gasteiger partial charge in [-0.05, 0) is 42.7 Å². The van der Waals surface area contributed by atoms with Gasteiger partial charge in [0.05, 0.1) is 11.1 Å². The number of benzene rings is 2. The second kappa shape index (κ2) is 9.09. The summed E-state index contributed by atoms with van der Waals surface area (Å²) >= 11 is 5.88. The number of nitrogens with one attached hydrogen (secondary N) is 1. The molecule has 0 aliphatic carbocycles. The molecule has 0 radical (unpaired) electrons. The number of imide groups is 1. The highest BCUT2D eigenvalue weighted by Crippen LogP contribution is 2.27. The van der Waals surface area contributed by atoms with E-state index in [2.05, 4.69) is 5.32 Å². The molecule has 7 nitrogen and oxygen atoms in total. The molecule has 30 heavy (non-hydrogen) atoms. The average molecular weight is 429 g/mol. The quantitative estimate of drug-likeness (QED) is 0.538. The van der Waals surface area contributed by atoms with E-state index < -0.39 is 36.3 Å². The van der Waals surface area contributed by atoms with Gasteiger partial charge in [0.15, 0.2) is 6.61 Å². The molecule has 0 fully saturated rings. The molecule has 2 aromatic rings. The van der Waals surface area contributed by atoms with Crippen LogP contribution in [-0.4, -0.2) is 41.2 Å². The minimum absolute atomic E-state index is 0.00662. The number of fused-ring (bicyclic) bond motifs is 1. The lowest BCUT2D eigenvalue weighted by atomic mass is 10.0. The highest BCUT2D eigenvalue weighted by atomic mass is 35.5. The van der Waals surface area contributed by atoms with Gasteiger partial charge in [0.2, 0.25) is 0 Å². The topological polar surface area (TPSA) is 92.8 Å². The molecule has 0 aromatic heterocycles. The molecule has 2 aromatic carbocycles. The lowest BCUT2D eigenvalue weighted by Crippen LogP contribution is -2.46. The third-order valence-electron chi connectivity index (χ3n) is 4.56. The summed E-state index contributed by atoms with van der Waals surface area (Å²) in [7, 11) is 0. The minimum atomic E-state index is -1.11. The van der Waals surface area contributed by atoms with E-state index in [4.69, 9.17) is 16.3 Å². The zero-order chi connectivity index (χ0) is 21.8. The highest BCUT2D eigenvalue weighted by molar-refractivity contribution is 6.30. The standard InChI is InChI=1S/C22H21ClN2O5/c1-13(2)10-18(25-20(27)16-8-3-4-9-17(16)21(25)28)22(29)30-12-19(26)24-15-7-5-6-14(23)11-15/h3-9,11,13,18H,10,12H2,1-2H3,(H,24,26). The molecule has 1 heterocycles. The second-order valence-corrected chi connectivity index (χ2v) is 7.77. The van der Waals surface area contributed by atoms with Crippen molar-refractivity contribution in [1.82, 2.24) is 4.90 Å². The lowest BCUT2D eigenvalue weighted by molar-refractivity contribution is -0.151. The fourth-order valence-electron chi connectivity index (χ4n) is 3.24. The summed E-state index contributed by atoms with van der Waals surface area (Å²) in [5.41, 5.74) is 0.966. The monoisotopic (exact) mass is 428 g/mol. The fourth-order valence-corrected chi connectivity index (χ4v) is 3.43. The van der Waals surface area contributed by atoms with Crippen LogP contribution in [-0.2, 0) is 14.3 Å². The Morgan fingerprint density at radius 2 is 1.67 bits per heavy atom. The van der Waals surface area contributed by atoms with Crippen molar-refractivity contribution in [2.75, 3.05) is 11.9 Å². The molecule has 1 atom stereocenters. The third kappa shape index (κ3) is 4.68. The number of carbonyl (C=O) groups excluding carboxylic acids is 4. The molecule has 0 spiro atoms. The SMILES string of the molecule is CC(C)CC(C(=O)OCC(=O)Nc1cccc(Cl)c1)N1C(=O)c2ccccc2C1=O. The van der Waals surface area contributed by atoms with E-state index in [1.54, 1.807) is 48.5 Å². The van der Waals surface area contributed by atoms with Crippen LogP contribution in [0, 0.1) is 5.92 Å². The number of hydrogen-bond donors (Lipinski definition) is 1. The first-order valence-electron chi connectivity index (χ1n) is 9.47. The van der Waals surface area contributed by atoms with Crippen molar-refractivity contribution in [3.05, 3.63) is 64.7 Å². The van der Waals surface area contributed by atoms with Crippen LogP contribution < -0.4 is 5.32 Å². The summed E-state index contributed by atoms with van der Waals surface area (Å²) in [6.07, 6.45) is 0.222. The predicted molar refractivity (Wildman–Crippen MR) is 111 cm³/mol. The maximum Gasteiger partial charge on any atom is 0.329 e. The third-order valence-corrected chi connectivity index (χ3v) is 4.79. The summed E-state index contributed by atoms with van der Waals surface area (Å²) in [6, 6.07) is 11.8. The molecule has 3 amide bonds. The Kier molecular flexibility index (Phi) is 6.52. The van der Waals surface area contributed by atoms with Crippen molar-refractivity contribution in [2.45, 2.75) is 26.3 Å². The van der Waals surface area contributed by atoms with Crippen molar-refractivity contribution < 1.29 is 23.9 Å². The maximum atomic E-state index is 12.8. The summed E-state index contributed by atoms with van der Waals surface area (Å²) in [5, 5.41) is 3.02. The van der Waals surface area contributed by atoms with Gasteiger partial charge in [-0.25, -0.2) is 4.79 Å². The molecular formula is C22H21ClN2O5. The Labute approximate surface area is 179 Å². The van der Waals surface area contributed by atoms with Crippen molar-refractivity contribution in [3.8, 4) is 0 Å². The number of rotatable bonds is 7. The van der Waals surface area contributed by atoms with E-state index in [1.807, 2.05) is 13.8 Å². The molecule has 1 aliphatic heterocycles. The van der Waals surface area contributed by atoms with Crippen LogP contribution >= 0.6 is 11.6 Å². The Morgan fingerprint density at radius 3 is 2.23 bits per heavy atom. The van der Waals surface area contributed by atoms with Gasteiger partial charge in [0.25, 0.3) is 17.7 Å². The smallest absolute Gasteiger partial charge is 0.329 e. The largest absolute Gasteiger partial charge is 0.454 e. The van der Waals surface area contributed by atoms with Crippen LogP contribution in [0.2, 0.25) is 5.02 Å². The number of amides is 3. The number of hydrogen-bond acceptors (Lipinski definition) is 5. The van der Waals surface area contributed by atoms with Crippen molar-refractivity contribution in [1.29, 1.82) is 0 Å². The Hall–Kier alpha value is -3.19. The minimum Gasteiger partial charge on any atom is -0.454 e. The van der Waals surface area contributed by atoms with Gasteiger partial charge < -0.3 is 10.1 Å². The second-order valence-electron chi connectivity index (χ2n) is 7.34. The summed E-state index contributed by atoms with van der Waals surface area (Å²) in [6.45, 7) is 3.18. The number of nitrogens with zero attached hydrogens (tertiary/aromatic N) is 1. The molecule has 0 saturated heterocycles. The van der Waals surface area contributed by atoms with Crippen LogP contribution in [0.3, 0.4) is 0 Å². The van der Waals surface area contributed by atoms with Gasteiger partial charge in [0.1, 0.15) is 6.04 Å². The first-order chi connectivity index (χ1) is 14.3. The Bertz CT molecular complexity index is 970. The van der Waals surface area contributed by atoms with Gasteiger partial charge in [-0.1, -0.05) is 43.6 Å². The van der Waals surface area contributed by atoms with Gasteiger partial charge >= 0.3 is 5.97 Å². The van der Waals surface area contributed by atoms with Gasteiger partial charge in [-0.3, -0.25) is 19.3 Å². The van der Waals surface area contributed by atoms with Gasteiger partial charge in [-0.2, -0.15) is 0 Å². The van der Waals surface area contributed by atoms with Crippen molar-refractivity contribution in [2.24, 2.45) is 5.92 Å². The molecular weight excluding hydrogens is 408 g/mol. The summed E-state index contributed by atoms with van der Waals surface area (Å²) < 4.78 is 5.15. The normalized spacial score (nSPS) is 13.9. The van der Waals surface area contributed by atoms with Crippen molar-refractivity contribution >= 4 is 41.0 Å². The van der Waals surface area contributed by atoms with E-state index in [0.717, 1.165) is 4.90 Å². The maximum absolute atomic E-state index is 12.8. The first kappa shape index (κ1) is 21.5. The zero-order valence-electron chi connectivity index (χ0n) is 16.6. The Balaban J connectivity index is 1.70. The van der Waals surface area contributed by atoms with Crippen molar-refractivity contribution in [3.63, 3.8) is 0 Å². The molecule has 156 valence electrons. The molecule has 1 N–H and O–H groups in total. The van der Waals surface area contributed by atoms with Crippen LogP contribution in [0.25, 0.3) is 0 Å². The molecule has 8 heteroatoms. The van der Waals surface area contributed by atoms with E-state index in [-0.39, 0.29) is 23.5 Å². The number of carbonyl (C=O) groups is 4. The van der Waals surface area contributed by atoms with Crippen LogP contribution in [0.5, 0.6) is 0 Å². The highest BCUT2D eigenvalue weighted by Gasteiger charge is 2.43. The van der Waals surface area contributed by atoms with Crippen LogP contribution in [0.4, 0.5) is 5.69 Å². The number of halogens is 1. The molecule has 0 saturated carbocycles. The first-order valence-corrected chi connectivity index (χ1v) is 9.84. The van der Waals surface area contributed by atoms with E-state index >= 15 is 0 Å². The van der Waals surface area contributed by atoms with Crippen LogP contribution in [0.15, 0.2) is 48.5 Å². The zero-order valence-corrected chi connectivity index (χ0v) is 17.3. The molecule has 1 unspecified atom stereocenters. The number of ether oxygens (including phenoxy) is 1. The predicted octanol–water partition coefficient (Wildman–Crippen LogP) is 3.53. The lowest BCUT2D eigenvalue weighted by Gasteiger charge is -2.25. The molecule has 3 rings (SSSR count). The van der Waals surface area contributed by atoms with Crippen LogP contribution in [0.1, 0.15) is 41.0 Å². The number of esters is 1. The van der Waals surface area contributed by atoms with E-state index in [0.29, 0.717) is 10.7 Å². The molecule has 1 aliphatic rings. The molecule has 0 bridgehead atoms. The van der Waals surface area contributed by atoms with Gasteiger partial charge in [-0.15, -0.1) is 0 Å². The fraction of sp³-hybridized carbons (Fsp3) is 0.273. The summed E-state index contributed by atoms with van der Waals surface area (Å²) in [4.78, 5) is 51.3. The van der Waals surface area contributed by atoms with Gasteiger partial charge in [0, 0.05) is 10.7 Å².